The van der Waals surface area contributed by atoms with Gasteiger partial charge in [0.15, 0.2) is 0 Å². The summed E-state index contributed by atoms with van der Waals surface area (Å²) < 4.78 is 1.06. The molecular weight excluding hydrogens is 324 g/mol. The molecule has 0 saturated heterocycles. The zero-order chi connectivity index (χ0) is 13.8. The molecule has 0 bridgehead atoms. The van der Waals surface area contributed by atoms with Crippen LogP contribution in [0.1, 0.15) is 18.4 Å². The molecule has 5 heteroatoms. The first kappa shape index (κ1) is 14.9. The lowest BCUT2D eigenvalue weighted by atomic mass is 10.2. The van der Waals surface area contributed by atoms with E-state index in [1.54, 1.807) is 11.8 Å². The highest BCUT2D eigenvalue weighted by Crippen LogP contribution is 2.31. The Morgan fingerprint density at radius 1 is 1.58 bits per heavy atom. The fourth-order valence-electron chi connectivity index (χ4n) is 1.89. The molecule has 0 radical (unpaired) electrons. The molecule has 0 spiro atoms. The van der Waals surface area contributed by atoms with E-state index in [1.165, 1.54) is 18.4 Å². The van der Waals surface area contributed by atoms with Crippen LogP contribution in [0.3, 0.4) is 0 Å². The molecule has 1 aliphatic rings. The lowest BCUT2D eigenvalue weighted by Gasteiger charge is -2.11. The van der Waals surface area contributed by atoms with Gasteiger partial charge in [0.05, 0.1) is 5.75 Å². The third-order valence-electron chi connectivity index (χ3n) is 3.26. The van der Waals surface area contributed by atoms with Crippen LogP contribution in [-0.4, -0.2) is 24.2 Å². The minimum Gasteiger partial charge on any atom is -0.354 e. The highest BCUT2D eigenvalue weighted by atomic mass is 79.9. The van der Waals surface area contributed by atoms with Gasteiger partial charge in [0, 0.05) is 22.0 Å². The van der Waals surface area contributed by atoms with Crippen molar-refractivity contribution >= 4 is 33.6 Å². The number of aryl methyl sites for hydroxylation is 1. The fraction of sp³-hybridized carbons (Fsp3) is 0.500. The van der Waals surface area contributed by atoms with Crippen molar-refractivity contribution in [3.8, 4) is 0 Å². The molecule has 3 N–H and O–H groups in total. The third-order valence-corrected chi connectivity index (χ3v) is 4.93. The van der Waals surface area contributed by atoms with Gasteiger partial charge < -0.3 is 11.1 Å². The Labute approximate surface area is 126 Å². The Bertz CT molecular complexity index is 463. The zero-order valence-corrected chi connectivity index (χ0v) is 13.4. The summed E-state index contributed by atoms with van der Waals surface area (Å²) in [6.07, 6.45) is 2.42. The maximum Gasteiger partial charge on any atom is 0.230 e. The summed E-state index contributed by atoms with van der Waals surface area (Å²) in [6.45, 7) is 2.65. The van der Waals surface area contributed by atoms with Crippen LogP contribution in [-0.2, 0) is 4.79 Å². The zero-order valence-electron chi connectivity index (χ0n) is 11.0. The van der Waals surface area contributed by atoms with Crippen molar-refractivity contribution < 1.29 is 4.79 Å². The van der Waals surface area contributed by atoms with Gasteiger partial charge in [-0.3, -0.25) is 4.79 Å². The topological polar surface area (TPSA) is 55.1 Å². The van der Waals surface area contributed by atoms with Crippen molar-refractivity contribution in [2.45, 2.75) is 30.7 Å². The van der Waals surface area contributed by atoms with Gasteiger partial charge >= 0.3 is 0 Å². The van der Waals surface area contributed by atoms with Crippen LogP contribution in [0.25, 0.3) is 0 Å². The molecule has 1 saturated carbocycles. The summed E-state index contributed by atoms with van der Waals surface area (Å²) in [4.78, 5) is 12.9. The molecule has 1 aromatic rings. The van der Waals surface area contributed by atoms with Crippen molar-refractivity contribution in [3.63, 3.8) is 0 Å². The van der Waals surface area contributed by atoms with Crippen LogP contribution >= 0.6 is 27.7 Å². The van der Waals surface area contributed by atoms with Gasteiger partial charge in [-0.25, -0.2) is 0 Å². The summed E-state index contributed by atoms with van der Waals surface area (Å²) >= 11 is 5.00. The van der Waals surface area contributed by atoms with Crippen LogP contribution < -0.4 is 11.1 Å². The number of rotatable bonds is 6. The predicted octanol–water partition coefficient (Wildman–Crippen LogP) is 2.70. The Hall–Kier alpha value is -0.520. The average molecular weight is 343 g/mol. The quantitative estimate of drug-likeness (QED) is 0.781. The van der Waals surface area contributed by atoms with E-state index in [2.05, 4.69) is 27.3 Å². The number of thioether (sulfide) groups is 1. The van der Waals surface area contributed by atoms with Crippen molar-refractivity contribution in [2.24, 2.45) is 11.7 Å². The second kappa shape index (κ2) is 6.77. The number of hydrogen-bond donors (Lipinski definition) is 2. The van der Waals surface area contributed by atoms with E-state index in [4.69, 9.17) is 5.73 Å². The molecule has 1 unspecified atom stereocenters. The molecule has 0 aromatic heterocycles. The van der Waals surface area contributed by atoms with E-state index in [0.29, 0.717) is 18.2 Å². The second-order valence-electron chi connectivity index (χ2n) is 5.00. The standard InChI is InChI=1S/C14H19BrN2OS/c1-9-6-11(15)4-5-13(9)19-8-14(18)17-7-12(16)10-2-3-10/h4-6,10,12H,2-3,7-8,16H2,1H3,(H,17,18). The van der Waals surface area contributed by atoms with Crippen LogP contribution in [0.5, 0.6) is 0 Å². The fourth-order valence-corrected chi connectivity index (χ4v) is 3.21. The molecule has 3 nitrogen and oxygen atoms in total. The molecule has 1 amide bonds. The molecule has 1 aliphatic carbocycles. The van der Waals surface area contributed by atoms with Gasteiger partial charge in [0.2, 0.25) is 5.91 Å². The molecule has 1 aromatic carbocycles. The van der Waals surface area contributed by atoms with Gasteiger partial charge in [-0.2, -0.15) is 0 Å². The summed E-state index contributed by atoms with van der Waals surface area (Å²) in [6, 6.07) is 6.22. The van der Waals surface area contributed by atoms with E-state index in [-0.39, 0.29) is 11.9 Å². The normalized spacial score (nSPS) is 16.2. The molecule has 0 aliphatic heterocycles. The first-order valence-electron chi connectivity index (χ1n) is 6.47. The van der Waals surface area contributed by atoms with E-state index < -0.39 is 0 Å². The number of benzene rings is 1. The minimum atomic E-state index is 0.0587. The Balaban J connectivity index is 1.73. The molecule has 0 heterocycles. The van der Waals surface area contributed by atoms with Gasteiger partial charge in [0.1, 0.15) is 0 Å². The summed E-state index contributed by atoms with van der Waals surface area (Å²) in [7, 11) is 0. The lowest BCUT2D eigenvalue weighted by Crippen LogP contribution is -2.39. The van der Waals surface area contributed by atoms with Gasteiger partial charge in [-0.1, -0.05) is 15.9 Å². The minimum absolute atomic E-state index is 0.0587. The molecule has 1 fully saturated rings. The number of carbonyl (C=O) groups excluding carboxylic acids is 1. The molecular formula is C14H19BrN2OS. The van der Waals surface area contributed by atoms with Crippen LogP contribution in [0.15, 0.2) is 27.6 Å². The van der Waals surface area contributed by atoms with Crippen LogP contribution in [0.2, 0.25) is 0 Å². The van der Waals surface area contributed by atoms with Crippen LogP contribution in [0, 0.1) is 12.8 Å². The molecule has 104 valence electrons. The van der Waals surface area contributed by atoms with Crippen molar-refractivity contribution in [2.75, 3.05) is 12.3 Å². The number of halogens is 1. The lowest BCUT2D eigenvalue weighted by molar-refractivity contribution is -0.118. The number of nitrogens with two attached hydrogens (primary N) is 1. The van der Waals surface area contributed by atoms with Crippen LogP contribution in [0.4, 0.5) is 0 Å². The van der Waals surface area contributed by atoms with Crippen molar-refractivity contribution in [1.29, 1.82) is 0 Å². The predicted molar refractivity (Wildman–Crippen MR) is 83.3 cm³/mol. The average Bonchev–Trinajstić information content (AvgIpc) is 3.19. The van der Waals surface area contributed by atoms with Crippen molar-refractivity contribution in [3.05, 3.63) is 28.2 Å². The third kappa shape index (κ3) is 4.82. The van der Waals surface area contributed by atoms with E-state index in [0.717, 1.165) is 9.37 Å². The summed E-state index contributed by atoms with van der Waals surface area (Å²) in [5, 5.41) is 2.91. The number of nitrogens with one attached hydrogen (secondary N) is 1. The molecule has 19 heavy (non-hydrogen) atoms. The number of hydrogen-bond acceptors (Lipinski definition) is 3. The smallest absolute Gasteiger partial charge is 0.230 e. The Kier molecular flexibility index (Phi) is 5.30. The highest BCUT2D eigenvalue weighted by Gasteiger charge is 2.28. The van der Waals surface area contributed by atoms with Gasteiger partial charge in [0.25, 0.3) is 0 Å². The second-order valence-corrected chi connectivity index (χ2v) is 6.94. The number of carbonyl (C=O) groups is 1. The van der Waals surface area contributed by atoms with E-state index in [9.17, 15) is 4.79 Å². The molecule has 1 atom stereocenters. The van der Waals surface area contributed by atoms with E-state index in [1.807, 2.05) is 19.1 Å². The number of amides is 1. The van der Waals surface area contributed by atoms with Gasteiger partial charge in [-0.05, 0) is 49.4 Å². The first-order chi connectivity index (χ1) is 9.06. The van der Waals surface area contributed by atoms with E-state index >= 15 is 0 Å². The maximum absolute atomic E-state index is 11.7. The summed E-state index contributed by atoms with van der Waals surface area (Å²) in [5.41, 5.74) is 7.13. The van der Waals surface area contributed by atoms with Crippen molar-refractivity contribution in [1.82, 2.24) is 5.32 Å². The SMILES string of the molecule is Cc1cc(Br)ccc1SCC(=O)NCC(N)C1CC1. The highest BCUT2D eigenvalue weighted by molar-refractivity contribution is 9.10. The Morgan fingerprint density at radius 3 is 2.95 bits per heavy atom. The Morgan fingerprint density at radius 2 is 2.32 bits per heavy atom. The van der Waals surface area contributed by atoms with Gasteiger partial charge in [-0.15, -0.1) is 11.8 Å². The molecule has 2 rings (SSSR count). The monoisotopic (exact) mass is 342 g/mol. The largest absolute Gasteiger partial charge is 0.354 e. The summed E-state index contributed by atoms with van der Waals surface area (Å²) in [5.74, 6) is 1.13. The first-order valence-corrected chi connectivity index (χ1v) is 8.25. The maximum atomic E-state index is 11.7.